The zero-order valence-electron chi connectivity index (χ0n) is 12.6. The number of aliphatic carboxylic acids is 1. The van der Waals surface area contributed by atoms with E-state index < -0.39 is 12.0 Å². The average Bonchev–Trinajstić information content (AvgIpc) is 2.93. The first kappa shape index (κ1) is 13.8. The Morgan fingerprint density at radius 3 is 2.68 bits per heavy atom. The van der Waals surface area contributed by atoms with Crippen molar-refractivity contribution in [1.29, 1.82) is 0 Å². The minimum absolute atomic E-state index is 0.151. The normalized spacial score (nSPS) is 26.0. The SMILES string of the molecule is O=C(O)C1Cc2c([nH]c3ccccc23)C(C2CCCCC2)N1. The van der Waals surface area contributed by atoms with Gasteiger partial charge in [-0.2, -0.15) is 0 Å². The number of benzene rings is 1. The van der Waals surface area contributed by atoms with Gasteiger partial charge in [0, 0.05) is 23.0 Å². The Morgan fingerprint density at radius 2 is 1.91 bits per heavy atom. The molecule has 1 aliphatic heterocycles. The first-order valence-corrected chi connectivity index (χ1v) is 8.32. The minimum atomic E-state index is -0.739. The Labute approximate surface area is 129 Å². The second-order valence-electron chi connectivity index (χ2n) is 6.70. The molecule has 1 aliphatic carbocycles. The number of fused-ring (bicyclic) bond motifs is 3. The van der Waals surface area contributed by atoms with Crippen molar-refractivity contribution in [3.8, 4) is 0 Å². The van der Waals surface area contributed by atoms with Crippen LogP contribution in [0.4, 0.5) is 0 Å². The molecule has 2 aliphatic rings. The monoisotopic (exact) mass is 298 g/mol. The summed E-state index contributed by atoms with van der Waals surface area (Å²) in [6, 6.07) is 7.93. The highest BCUT2D eigenvalue weighted by Crippen LogP contribution is 2.40. The first-order valence-electron chi connectivity index (χ1n) is 8.32. The Morgan fingerprint density at radius 1 is 1.14 bits per heavy atom. The second-order valence-corrected chi connectivity index (χ2v) is 6.70. The standard InChI is InChI=1S/C18H22N2O2/c21-18(22)15-10-13-12-8-4-5-9-14(12)19-17(13)16(20-15)11-6-2-1-3-7-11/h4-5,8-9,11,15-16,19-20H,1-3,6-7,10H2,(H,21,22). The van der Waals surface area contributed by atoms with E-state index in [-0.39, 0.29) is 6.04 Å². The largest absolute Gasteiger partial charge is 0.480 e. The molecule has 4 heteroatoms. The lowest BCUT2D eigenvalue weighted by Gasteiger charge is -2.36. The number of hydrogen-bond donors (Lipinski definition) is 3. The predicted molar refractivity (Wildman–Crippen MR) is 85.9 cm³/mol. The number of aromatic nitrogens is 1. The van der Waals surface area contributed by atoms with Crippen LogP contribution in [-0.2, 0) is 11.2 Å². The van der Waals surface area contributed by atoms with Crippen molar-refractivity contribution in [1.82, 2.24) is 10.3 Å². The Bertz CT molecular complexity index is 700. The first-order chi connectivity index (χ1) is 10.7. The van der Waals surface area contributed by atoms with Crippen LogP contribution >= 0.6 is 0 Å². The molecule has 0 spiro atoms. The number of carboxylic acids is 1. The molecule has 0 saturated heterocycles. The van der Waals surface area contributed by atoms with Gasteiger partial charge in [0.05, 0.1) is 6.04 Å². The number of rotatable bonds is 2. The molecule has 3 N–H and O–H groups in total. The summed E-state index contributed by atoms with van der Waals surface area (Å²) in [6.07, 6.45) is 6.78. The van der Waals surface area contributed by atoms with Crippen molar-refractivity contribution in [2.45, 2.75) is 50.6 Å². The zero-order valence-corrected chi connectivity index (χ0v) is 12.6. The smallest absolute Gasteiger partial charge is 0.321 e. The fourth-order valence-electron chi connectivity index (χ4n) is 4.27. The van der Waals surface area contributed by atoms with Crippen LogP contribution in [0.2, 0.25) is 0 Å². The molecule has 4 rings (SSSR count). The molecule has 22 heavy (non-hydrogen) atoms. The van der Waals surface area contributed by atoms with E-state index in [1.807, 2.05) is 12.1 Å². The number of carboxylic acid groups (broad SMARTS) is 1. The third kappa shape index (κ3) is 2.22. The van der Waals surface area contributed by atoms with Crippen LogP contribution in [0.3, 0.4) is 0 Å². The second kappa shape index (κ2) is 5.43. The van der Waals surface area contributed by atoms with Gasteiger partial charge in [-0.25, -0.2) is 0 Å². The Hall–Kier alpha value is -1.81. The van der Waals surface area contributed by atoms with Crippen LogP contribution in [0.15, 0.2) is 24.3 Å². The van der Waals surface area contributed by atoms with E-state index in [4.69, 9.17) is 0 Å². The predicted octanol–water partition coefficient (Wildman–Crippen LogP) is 3.39. The number of nitrogens with one attached hydrogen (secondary N) is 2. The molecule has 2 unspecified atom stereocenters. The van der Waals surface area contributed by atoms with Gasteiger partial charge in [-0.15, -0.1) is 0 Å². The number of para-hydroxylation sites is 1. The van der Waals surface area contributed by atoms with Crippen molar-refractivity contribution < 1.29 is 9.90 Å². The average molecular weight is 298 g/mol. The third-order valence-corrected chi connectivity index (χ3v) is 5.37. The van der Waals surface area contributed by atoms with Crippen LogP contribution in [0.25, 0.3) is 10.9 Å². The van der Waals surface area contributed by atoms with Gasteiger partial charge in [0.25, 0.3) is 0 Å². The number of H-pyrrole nitrogens is 1. The van der Waals surface area contributed by atoms with Crippen LogP contribution in [0.1, 0.15) is 49.4 Å². The van der Waals surface area contributed by atoms with Gasteiger partial charge in [-0.3, -0.25) is 10.1 Å². The maximum atomic E-state index is 11.6. The van der Waals surface area contributed by atoms with Crippen LogP contribution in [0, 0.1) is 5.92 Å². The molecule has 1 aromatic carbocycles. The maximum Gasteiger partial charge on any atom is 0.321 e. The van der Waals surface area contributed by atoms with E-state index in [0.717, 1.165) is 5.52 Å². The van der Waals surface area contributed by atoms with Crippen molar-refractivity contribution in [2.24, 2.45) is 5.92 Å². The van der Waals surface area contributed by atoms with Crippen molar-refractivity contribution in [3.63, 3.8) is 0 Å². The van der Waals surface area contributed by atoms with Gasteiger partial charge in [-0.05, 0) is 30.4 Å². The fraction of sp³-hybridized carbons (Fsp3) is 0.500. The van der Waals surface area contributed by atoms with E-state index in [1.54, 1.807) is 0 Å². The number of aromatic amines is 1. The molecule has 1 saturated carbocycles. The van der Waals surface area contributed by atoms with Gasteiger partial charge in [0.15, 0.2) is 0 Å². The van der Waals surface area contributed by atoms with E-state index in [1.165, 1.54) is 48.7 Å². The summed E-state index contributed by atoms with van der Waals surface area (Å²) < 4.78 is 0. The molecule has 2 heterocycles. The lowest BCUT2D eigenvalue weighted by molar-refractivity contribution is -0.140. The number of carbonyl (C=O) groups is 1. The van der Waals surface area contributed by atoms with E-state index in [2.05, 4.69) is 22.4 Å². The third-order valence-electron chi connectivity index (χ3n) is 5.37. The zero-order chi connectivity index (χ0) is 15.1. The number of hydrogen-bond acceptors (Lipinski definition) is 2. The Kier molecular flexibility index (Phi) is 3.41. The molecule has 1 aromatic heterocycles. The highest BCUT2D eigenvalue weighted by molar-refractivity contribution is 5.86. The van der Waals surface area contributed by atoms with Crippen LogP contribution < -0.4 is 5.32 Å². The summed E-state index contributed by atoms with van der Waals surface area (Å²) in [5.74, 6) is -0.195. The molecule has 2 atom stereocenters. The van der Waals surface area contributed by atoms with Gasteiger partial charge in [-0.1, -0.05) is 37.5 Å². The van der Waals surface area contributed by atoms with Crippen LogP contribution in [-0.4, -0.2) is 22.1 Å². The fourth-order valence-corrected chi connectivity index (χ4v) is 4.27. The summed E-state index contributed by atoms with van der Waals surface area (Å²) in [6.45, 7) is 0. The van der Waals surface area contributed by atoms with Gasteiger partial charge < -0.3 is 10.1 Å². The summed E-state index contributed by atoms with van der Waals surface area (Å²) in [5.41, 5.74) is 3.56. The molecule has 2 aromatic rings. The summed E-state index contributed by atoms with van der Waals surface area (Å²) in [5, 5.41) is 14.1. The maximum absolute atomic E-state index is 11.6. The molecule has 0 radical (unpaired) electrons. The lowest BCUT2D eigenvalue weighted by atomic mass is 9.79. The molecule has 4 nitrogen and oxygen atoms in total. The van der Waals surface area contributed by atoms with E-state index >= 15 is 0 Å². The van der Waals surface area contributed by atoms with Crippen molar-refractivity contribution in [2.75, 3.05) is 0 Å². The van der Waals surface area contributed by atoms with E-state index in [0.29, 0.717) is 12.3 Å². The molecular weight excluding hydrogens is 276 g/mol. The molecule has 1 fully saturated rings. The van der Waals surface area contributed by atoms with Crippen molar-refractivity contribution in [3.05, 3.63) is 35.5 Å². The summed E-state index contributed by atoms with van der Waals surface area (Å²) >= 11 is 0. The van der Waals surface area contributed by atoms with Gasteiger partial charge in [0.2, 0.25) is 0 Å². The molecular formula is C18H22N2O2. The van der Waals surface area contributed by atoms with Gasteiger partial charge in [0.1, 0.15) is 6.04 Å². The summed E-state index contributed by atoms with van der Waals surface area (Å²) in [7, 11) is 0. The topological polar surface area (TPSA) is 65.1 Å². The highest BCUT2D eigenvalue weighted by Gasteiger charge is 2.37. The Balaban J connectivity index is 1.80. The summed E-state index contributed by atoms with van der Waals surface area (Å²) in [4.78, 5) is 15.1. The lowest BCUT2D eigenvalue weighted by Crippen LogP contribution is -2.47. The molecule has 0 bridgehead atoms. The van der Waals surface area contributed by atoms with Gasteiger partial charge >= 0.3 is 5.97 Å². The highest BCUT2D eigenvalue weighted by atomic mass is 16.4. The minimum Gasteiger partial charge on any atom is -0.480 e. The quantitative estimate of drug-likeness (QED) is 0.796. The van der Waals surface area contributed by atoms with Crippen LogP contribution in [0.5, 0.6) is 0 Å². The molecule has 0 amide bonds. The van der Waals surface area contributed by atoms with E-state index in [9.17, 15) is 9.90 Å². The molecule has 116 valence electrons. The van der Waals surface area contributed by atoms with Crippen molar-refractivity contribution >= 4 is 16.9 Å².